The van der Waals surface area contributed by atoms with Gasteiger partial charge in [0, 0.05) is 27.5 Å². The van der Waals surface area contributed by atoms with Crippen molar-refractivity contribution in [3.63, 3.8) is 0 Å². The first-order valence-corrected chi connectivity index (χ1v) is 9.30. The van der Waals surface area contributed by atoms with Gasteiger partial charge in [-0.25, -0.2) is 9.78 Å². The summed E-state index contributed by atoms with van der Waals surface area (Å²) in [5, 5.41) is 9.98. The number of benzene rings is 1. The van der Waals surface area contributed by atoms with Crippen LogP contribution in [0.1, 0.15) is 19.0 Å². The van der Waals surface area contributed by atoms with Crippen LogP contribution >= 0.6 is 27.3 Å². The molecule has 0 radical (unpaired) electrons. The molecular formula is C18H15BrN2O3S. The van der Waals surface area contributed by atoms with Crippen molar-refractivity contribution in [3.05, 3.63) is 52.8 Å². The van der Waals surface area contributed by atoms with E-state index in [1.165, 1.54) is 11.3 Å². The maximum absolute atomic E-state index is 11.0. The van der Waals surface area contributed by atoms with Crippen LogP contribution in [0.2, 0.25) is 0 Å². The van der Waals surface area contributed by atoms with Crippen molar-refractivity contribution in [2.45, 2.75) is 19.8 Å². The first kappa shape index (κ1) is 17.6. The number of nitrogens with zero attached hydrogens (tertiary/aromatic N) is 2. The highest BCUT2D eigenvalue weighted by atomic mass is 79.9. The summed E-state index contributed by atoms with van der Waals surface area (Å²) in [6.07, 6.45) is 2.29. The van der Waals surface area contributed by atoms with Crippen molar-refractivity contribution in [2.24, 2.45) is 0 Å². The number of carbonyl (C=O) groups is 1. The number of halogens is 1. The summed E-state index contributed by atoms with van der Waals surface area (Å²) in [6, 6.07) is 11.3. The smallest absolute Gasteiger partial charge is 0.449 e. The molecule has 0 bridgehead atoms. The summed E-state index contributed by atoms with van der Waals surface area (Å²) >= 11 is 4.60. The van der Waals surface area contributed by atoms with Crippen molar-refractivity contribution in [1.82, 2.24) is 9.97 Å². The molecule has 0 unspecified atom stereocenters. The van der Waals surface area contributed by atoms with Crippen molar-refractivity contribution in [2.75, 3.05) is 0 Å². The Balaban J connectivity index is 2.05. The van der Waals surface area contributed by atoms with Gasteiger partial charge in [-0.05, 0) is 30.7 Å². The van der Waals surface area contributed by atoms with Crippen LogP contribution in [-0.4, -0.2) is 21.2 Å². The van der Waals surface area contributed by atoms with Gasteiger partial charge in [0.05, 0.1) is 0 Å². The Bertz CT molecular complexity index is 894. The first-order chi connectivity index (χ1) is 12.1. The summed E-state index contributed by atoms with van der Waals surface area (Å²) in [5.74, 6) is 0. The van der Waals surface area contributed by atoms with Gasteiger partial charge in [0.15, 0.2) is 0 Å². The zero-order valence-electron chi connectivity index (χ0n) is 13.4. The molecule has 2 aromatic heterocycles. The fourth-order valence-electron chi connectivity index (χ4n) is 2.37. The maximum Gasteiger partial charge on any atom is 0.512 e. The quantitative estimate of drug-likeness (QED) is 0.542. The molecule has 5 nitrogen and oxygen atoms in total. The topological polar surface area (TPSA) is 72.3 Å². The predicted molar refractivity (Wildman–Crippen MR) is 101 cm³/mol. The lowest BCUT2D eigenvalue weighted by Crippen LogP contribution is -2.02. The number of ether oxygens (including phenoxy) is 1. The number of hydrogen-bond donors (Lipinski definition) is 1. The summed E-state index contributed by atoms with van der Waals surface area (Å²) in [6.45, 7) is 2.10. The van der Waals surface area contributed by atoms with E-state index in [4.69, 9.17) is 9.84 Å². The number of rotatable bonds is 5. The molecule has 0 atom stereocenters. The zero-order chi connectivity index (χ0) is 17.8. The van der Waals surface area contributed by atoms with Crippen molar-refractivity contribution < 1.29 is 14.6 Å². The van der Waals surface area contributed by atoms with Crippen LogP contribution in [0.15, 0.2) is 47.1 Å². The Morgan fingerprint density at radius 1 is 1.24 bits per heavy atom. The molecule has 3 rings (SSSR count). The van der Waals surface area contributed by atoms with Gasteiger partial charge in [-0.15, -0.1) is 0 Å². The average Bonchev–Trinajstić information content (AvgIpc) is 2.99. The van der Waals surface area contributed by atoms with Crippen LogP contribution < -0.4 is 4.74 Å². The second-order valence-corrected chi connectivity index (χ2v) is 7.19. The summed E-state index contributed by atoms with van der Waals surface area (Å²) < 4.78 is 5.89. The van der Waals surface area contributed by atoms with Crippen molar-refractivity contribution in [1.29, 1.82) is 0 Å². The molecule has 0 spiro atoms. The highest BCUT2D eigenvalue weighted by Crippen LogP contribution is 2.40. The monoisotopic (exact) mass is 418 g/mol. The van der Waals surface area contributed by atoms with Crippen LogP contribution in [0.3, 0.4) is 0 Å². The van der Waals surface area contributed by atoms with E-state index in [0.717, 1.165) is 34.1 Å². The van der Waals surface area contributed by atoms with Gasteiger partial charge in [-0.1, -0.05) is 52.7 Å². The van der Waals surface area contributed by atoms with E-state index in [9.17, 15) is 4.79 Å². The maximum atomic E-state index is 11.0. The van der Waals surface area contributed by atoms with Gasteiger partial charge in [-0.3, -0.25) is 4.98 Å². The molecule has 1 N–H and O–H groups in total. The van der Waals surface area contributed by atoms with E-state index >= 15 is 0 Å². The van der Waals surface area contributed by atoms with Crippen LogP contribution in [0.25, 0.3) is 21.8 Å². The van der Waals surface area contributed by atoms with E-state index in [1.54, 1.807) is 6.20 Å². The standard InChI is InChI=1S/C18H15BrN2O3S/c1-2-3-14-10-12(8-9-20-14)16-21-15(17(25-16)24-18(22)23)11-4-6-13(19)7-5-11/h4-10H,2-3H2,1H3,(H,22,23). The largest absolute Gasteiger partial charge is 0.512 e. The average molecular weight is 419 g/mol. The van der Waals surface area contributed by atoms with Gasteiger partial charge in [0.25, 0.3) is 0 Å². The number of hydrogen-bond acceptors (Lipinski definition) is 5. The third-order valence-corrected chi connectivity index (χ3v) is 4.97. The number of thiazole rings is 1. The highest BCUT2D eigenvalue weighted by Gasteiger charge is 2.18. The fraction of sp³-hybridized carbons (Fsp3) is 0.167. The fourth-order valence-corrected chi connectivity index (χ4v) is 3.57. The second kappa shape index (κ2) is 7.76. The molecule has 128 valence electrons. The highest BCUT2D eigenvalue weighted by molar-refractivity contribution is 9.10. The van der Waals surface area contributed by atoms with Crippen molar-refractivity contribution >= 4 is 33.4 Å². The molecule has 0 saturated heterocycles. The third-order valence-electron chi connectivity index (χ3n) is 3.46. The lowest BCUT2D eigenvalue weighted by molar-refractivity contribution is 0.146. The molecule has 0 aliphatic rings. The molecule has 0 fully saturated rings. The number of pyridine rings is 1. The Hall–Kier alpha value is -2.25. The Kier molecular flexibility index (Phi) is 5.45. The van der Waals surface area contributed by atoms with Gasteiger partial charge < -0.3 is 9.84 Å². The minimum atomic E-state index is -1.35. The van der Waals surface area contributed by atoms with Gasteiger partial charge in [-0.2, -0.15) is 0 Å². The van der Waals surface area contributed by atoms with E-state index in [1.807, 2.05) is 36.4 Å². The minimum Gasteiger partial charge on any atom is -0.449 e. The molecule has 3 aromatic rings. The number of aryl methyl sites for hydroxylation is 1. The summed E-state index contributed by atoms with van der Waals surface area (Å²) in [5.41, 5.74) is 3.21. The lowest BCUT2D eigenvalue weighted by atomic mass is 10.1. The molecule has 2 heterocycles. The molecule has 7 heteroatoms. The Morgan fingerprint density at radius 2 is 2.00 bits per heavy atom. The molecule has 1 aromatic carbocycles. The van der Waals surface area contributed by atoms with E-state index in [2.05, 4.69) is 32.8 Å². The lowest BCUT2D eigenvalue weighted by Gasteiger charge is -2.01. The molecule has 0 saturated carbocycles. The molecule has 0 aliphatic carbocycles. The normalized spacial score (nSPS) is 10.6. The Labute approximate surface area is 157 Å². The van der Waals surface area contributed by atoms with Gasteiger partial charge in [0.1, 0.15) is 10.7 Å². The minimum absolute atomic E-state index is 0.263. The van der Waals surface area contributed by atoms with Crippen LogP contribution in [0.5, 0.6) is 5.06 Å². The molecule has 25 heavy (non-hydrogen) atoms. The summed E-state index contributed by atoms with van der Waals surface area (Å²) in [7, 11) is 0. The predicted octanol–water partition coefficient (Wildman–Crippen LogP) is 5.64. The second-order valence-electron chi connectivity index (χ2n) is 5.32. The Morgan fingerprint density at radius 3 is 2.68 bits per heavy atom. The van der Waals surface area contributed by atoms with E-state index < -0.39 is 6.16 Å². The van der Waals surface area contributed by atoms with Gasteiger partial charge >= 0.3 is 6.16 Å². The first-order valence-electron chi connectivity index (χ1n) is 7.69. The number of carboxylic acid groups (broad SMARTS) is 1. The van der Waals surface area contributed by atoms with Crippen LogP contribution in [0, 0.1) is 0 Å². The van der Waals surface area contributed by atoms with Crippen LogP contribution in [0.4, 0.5) is 4.79 Å². The third kappa shape index (κ3) is 4.24. The summed E-state index contributed by atoms with van der Waals surface area (Å²) in [4.78, 5) is 20.0. The van der Waals surface area contributed by atoms with E-state index in [-0.39, 0.29) is 5.06 Å². The van der Waals surface area contributed by atoms with Gasteiger partial charge in [0.2, 0.25) is 5.06 Å². The van der Waals surface area contributed by atoms with E-state index in [0.29, 0.717) is 10.7 Å². The van der Waals surface area contributed by atoms with Crippen molar-refractivity contribution in [3.8, 4) is 26.9 Å². The van der Waals surface area contributed by atoms with Crippen LogP contribution in [-0.2, 0) is 6.42 Å². The molecule has 0 amide bonds. The molecule has 0 aliphatic heterocycles. The molecular weight excluding hydrogens is 404 g/mol. The zero-order valence-corrected chi connectivity index (χ0v) is 15.8. The number of aromatic nitrogens is 2. The SMILES string of the molecule is CCCc1cc(-c2nc(-c3ccc(Br)cc3)c(OC(=O)O)s2)ccn1.